The van der Waals surface area contributed by atoms with Gasteiger partial charge in [-0.1, -0.05) is 6.07 Å². The van der Waals surface area contributed by atoms with E-state index in [4.69, 9.17) is 4.74 Å². The van der Waals surface area contributed by atoms with Crippen molar-refractivity contribution in [3.05, 3.63) is 34.2 Å². The monoisotopic (exact) mass is 374 g/mol. The predicted molar refractivity (Wildman–Crippen MR) is 101 cm³/mol. The molecule has 2 heterocycles. The van der Waals surface area contributed by atoms with Crippen molar-refractivity contribution in [2.24, 2.45) is 0 Å². The van der Waals surface area contributed by atoms with Crippen molar-refractivity contribution >= 4 is 34.9 Å². The number of imide groups is 1. The second kappa shape index (κ2) is 7.95. The van der Waals surface area contributed by atoms with E-state index in [-0.39, 0.29) is 12.5 Å². The largest absolute Gasteiger partial charge is 0.497 e. The summed E-state index contributed by atoms with van der Waals surface area (Å²) < 4.78 is 5.18. The smallest absolute Gasteiger partial charge is 0.294 e. The molecular weight excluding hydrogens is 352 g/mol. The fourth-order valence-corrected chi connectivity index (χ4v) is 3.92. The van der Waals surface area contributed by atoms with Crippen molar-refractivity contribution in [1.82, 2.24) is 9.80 Å². The van der Waals surface area contributed by atoms with Gasteiger partial charge in [-0.25, -0.2) is 0 Å². The summed E-state index contributed by atoms with van der Waals surface area (Å²) in [6.45, 7) is 3.15. The normalized spacial score (nSPS) is 19.4. The van der Waals surface area contributed by atoms with Crippen LogP contribution in [-0.4, -0.2) is 53.6 Å². The van der Waals surface area contributed by atoms with Crippen molar-refractivity contribution < 1.29 is 19.1 Å². The van der Waals surface area contributed by atoms with Crippen LogP contribution in [0.3, 0.4) is 0 Å². The average Bonchev–Trinajstić information content (AvgIpc) is 2.91. The number of hydrogen-bond donors (Lipinski definition) is 0. The number of nitrogens with zero attached hydrogens (tertiary/aromatic N) is 2. The van der Waals surface area contributed by atoms with Crippen molar-refractivity contribution in [2.45, 2.75) is 26.2 Å². The number of carbonyl (C=O) groups is 3. The molecule has 26 heavy (non-hydrogen) atoms. The van der Waals surface area contributed by atoms with Crippen LogP contribution in [0.5, 0.6) is 5.75 Å². The van der Waals surface area contributed by atoms with E-state index in [9.17, 15) is 14.4 Å². The van der Waals surface area contributed by atoms with Crippen LogP contribution in [-0.2, 0) is 9.59 Å². The Morgan fingerprint density at radius 1 is 1.23 bits per heavy atom. The lowest BCUT2D eigenvalue weighted by atomic mass is 10.1. The quantitative estimate of drug-likeness (QED) is 0.758. The number of thioether (sulfide) groups is 1. The van der Waals surface area contributed by atoms with Crippen LogP contribution in [0.4, 0.5) is 4.79 Å². The first-order valence-electron chi connectivity index (χ1n) is 8.67. The molecule has 2 fully saturated rings. The number of aryl methyl sites for hydroxylation is 1. The lowest BCUT2D eigenvalue weighted by Crippen LogP contribution is -2.44. The molecule has 6 nitrogen and oxygen atoms in total. The highest BCUT2D eigenvalue weighted by molar-refractivity contribution is 8.18. The summed E-state index contributed by atoms with van der Waals surface area (Å²) in [6.07, 6.45) is 4.77. The Morgan fingerprint density at radius 2 is 1.96 bits per heavy atom. The van der Waals surface area contributed by atoms with Crippen molar-refractivity contribution in [3.63, 3.8) is 0 Å². The summed E-state index contributed by atoms with van der Waals surface area (Å²) in [7, 11) is 1.60. The third kappa shape index (κ3) is 3.93. The van der Waals surface area contributed by atoms with Gasteiger partial charge in [-0.15, -0.1) is 0 Å². The number of rotatable bonds is 4. The van der Waals surface area contributed by atoms with E-state index in [0.29, 0.717) is 18.0 Å². The zero-order chi connectivity index (χ0) is 18.7. The summed E-state index contributed by atoms with van der Waals surface area (Å²) >= 11 is 0.880. The number of hydrogen-bond acceptors (Lipinski definition) is 5. The van der Waals surface area contributed by atoms with Crippen molar-refractivity contribution in [1.29, 1.82) is 0 Å². The van der Waals surface area contributed by atoms with E-state index in [1.54, 1.807) is 18.1 Å². The van der Waals surface area contributed by atoms with Crippen LogP contribution in [0.2, 0.25) is 0 Å². The van der Waals surface area contributed by atoms with Gasteiger partial charge in [0.15, 0.2) is 0 Å². The van der Waals surface area contributed by atoms with Crippen LogP contribution in [0, 0.1) is 6.92 Å². The lowest BCUT2D eigenvalue weighted by molar-refractivity contribution is -0.136. The molecule has 1 aromatic carbocycles. The predicted octanol–water partition coefficient (Wildman–Crippen LogP) is 3.05. The Balaban J connectivity index is 1.73. The summed E-state index contributed by atoms with van der Waals surface area (Å²) in [5.41, 5.74) is 1.79. The molecule has 7 heteroatoms. The first-order chi connectivity index (χ1) is 12.5. The van der Waals surface area contributed by atoms with Crippen molar-refractivity contribution in [2.75, 3.05) is 26.7 Å². The van der Waals surface area contributed by atoms with E-state index >= 15 is 0 Å². The van der Waals surface area contributed by atoms with E-state index in [1.165, 1.54) is 0 Å². The number of benzene rings is 1. The van der Waals surface area contributed by atoms with Crippen LogP contribution in [0.1, 0.15) is 30.4 Å². The molecule has 1 aromatic rings. The molecule has 0 unspecified atom stereocenters. The molecule has 0 saturated carbocycles. The SMILES string of the molecule is COc1ccc(/C=C2\SC(=O)N(CC(=O)N3CCCCC3)C2=O)c(C)c1. The minimum atomic E-state index is -0.402. The number of carbonyl (C=O) groups excluding carboxylic acids is 3. The molecule has 2 aliphatic heterocycles. The molecule has 2 aliphatic rings. The summed E-state index contributed by atoms with van der Waals surface area (Å²) in [5.74, 6) is 0.175. The molecule has 0 atom stereocenters. The van der Waals surface area contributed by atoms with E-state index in [0.717, 1.165) is 52.8 Å². The van der Waals surface area contributed by atoms with Crippen LogP contribution in [0.15, 0.2) is 23.1 Å². The maximum atomic E-state index is 12.6. The lowest BCUT2D eigenvalue weighted by Gasteiger charge is -2.27. The zero-order valence-corrected chi connectivity index (χ0v) is 15.8. The van der Waals surface area contributed by atoms with Crippen LogP contribution in [0.25, 0.3) is 6.08 Å². The Hall–Kier alpha value is -2.28. The molecule has 0 N–H and O–H groups in total. The van der Waals surface area contributed by atoms with Gasteiger partial charge in [0, 0.05) is 13.1 Å². The molecule has 0 aromatic heterocycles. The number of amides is 3. The van der Waals surface area contributed by atoms with Gasteiger partial charge in [0.05, 0.1) is 12.0 Å². The van der Waals surface area contributed by atoms with Gasteiger partial charge in [0.1, 0.15) is 12.3 Å². The fourth-order valence-electron chi connectivity index (χ4n) is 3.09. The van der Waals surface area contributed by atoms with Gasteiger partial charge >= 0.3 is 0 Å². The first kappa shape index (κ1) is 18.5. The van der Waals surface area contributed by atoms with E-state index in [1.807, 2.05) is 25.1 Å². The topological polar surface area (TPSA) is 66.9 Å². The third-order valence-electron chi connectivity index (χ3n) is 4.64. The third-order valence-corrected chi connectivity index (χ3v) is 5.55. The average molecular weight is 374 g/mol. The van der Waals surface area contributed by atoms with Gasteiger partial charge in [-0.2, -0.15) is 0 Å². The second-order valence-corrected chi connectivity index (χ2v) is 7.43. The molecule has 2 saturated heterocycles. The van der Waals surface area contributed by atoms with Crippen molar-refractivity contribution in [3.8, 4) is 5.75 Å². The molecule has 138 valence electrons. The van der Waals surface area contributed by atoms with Gasteiger partial charge in [0.25, 0.3) is 11.1 Å². The number of ether oxygens (including phenoxy) is 1. The molecule has 0 bridgehead atoms. The summed E-state index contributed by atoms with van der Waals surface area (Å²) in [6, 6.07) is 5.53. The van der Waals surface area contributed by atoms with Gasteiger partial charge in [-0.3, -0.25) is 19.3 Å². The maximum Gasteiger partial charge on any atom is 0.294 e. The van der Waals surface area contributed by atoms with Crippen LogP contribution >= 0.6 is 11.8 Å². The summed E-state index contributed by atoms with van der Waals surface area (Å²) in [5, 5.41) is -0.391. The number of methoxy groups -OCH3 is 1. The molecule has 0 radical (unpaired) electrons. The molecule has 3 amide bonds. The molecular formula is C19H22N2O4S. The Morgan fingerprint density at radius 3 is 2.62 bits per heavy atom. The van der Waals surface area contributed by atoms with Gasteiger partial charge in [-0.05, 0) is 67.3 Å². The highest BCUT2D eigenvalue weighted by Crippen LogP contribution is 2.33. The van der Waals surface area contributed by atoms with Crippen LogP contribution < -0.4 is 4.74 Å². The standard InChI is InChI=1S/C19H22N2O4S/c1-13-10-15(25-2)7-6-14(13)11-16-18(23)21(19(24)26-16)12-17(22)20-8-4-3-5-9-20/h6-7,10-11H,3-5,8-9,12H2,1-2H3/b16-11-. The fraction of sp³-hybridized carbons (Fsp3) is 0.421. The maximum absolute atomic E-state index is 12.6. The summed E-state index contributed by atoms with van der Waals surface area (Å²) in [4.78, 5) is 40.3. The minimum Gasteiger partial charge on any atom is -0.497 e. The molecule has 3 rings (SSSR count). The minimum absolute atomic E-state index is 0.158. The number of piperidine rings is 1. The Labute approximate surface area is 157 Å². The molecule has 0 aliphatic carbocycles. The first-order valence-corrected chi connectivity index (χ1v) is 9.49. The number of likely N-dealkylation sites (tertiary alicyclic amines) is 1. The Kier molecular flexibility index (Phi) is 5.66. The van der Waals surface area contributed by atoms with Gasteiger partial charge < -0.3 is 9.64 Å². The second-order valence-electron chi connectivity index (χ2n) is 6.43. The zero-order valence-electron chi connectivity index (χ0n) is 15.0. The Bertz CT molecular complexity index is 769. The molecule has 0 spiro atoms. The highest BCUT2D eigenvalue weighted by atomic mass is 32.2. The highest BCUT2D eigenvalue weighted by Gasteiger charge is 2.37. The van der Waals surface area contributed by atoms with Gasteiger partial charge in [0.2, 0.25) is 5.91 Å². The van der Waals surface area contributed by atoms with E-state index < -0.39 is 11.1 Å². The van der Waals surface area contributed by atoms with E-state index in [2.05, 4.69) is 0 Å².